The van der Waals surface area contributed by atoms with E-state index in [1.165, 1.54) is 4.88 Å². The first kappa shape index (κ1) is 13.4. The summed E-state index contributed by atoms with van der Waals surface area (Å²) in [5.41, 5.74) is 0.865. The lowest BCUT2D eigenvalue weighted by molar-refractivity contribution is 1.03. The number of nitrogens with one attached hydrogen (secondary N) is 1. The molecule has 0 aliphatic heterocycles. The Morgan fingerprint density at radius 3 is 2.72 bits per heavy atom. The van der Waals surface area contributed by atoms with Crippen LogP contribution >= 0.6 is 38.9 Å². The Hall–Kier alpha value is -1.02. The van der Waals surface area contributed by atoms with E-state index in [2.05, 4.69) is 27.3 Å². The predicted molar refractivity (Wildman–Crippen MR) is 80.2 cm³/mol. The summed E-state index contributed by atoms with van der Waals surface area (Å²) in [4.78, 5) is 2.21. The highest BCUT2D eigenvalue weighted by Crippen LogP contribution is 2.29. The Bertz CT molecular complexity index is 603. The average molecular weight is 342 g/mol. The van der Waals surface area contributed by atoms with Gasteiger partial charge in [0.1, 0.15) is 6.04 Å². The molecule has 0 saturated carbocycles. The van der Waals surface area contributed by atoms with Crippen LogP contribution in [0.25, 0.3) is 0 Å². The van der Waals surface area contributed by atoms with Gasteiger partial charge in [0, 0.05) is 19.9 Å². The molecule has 5 heteroatoms. The molecule has 2 aromatic rings. The quantitative estimate of drug-likeness (QED) is 0.838. The highest BCUT2D eigenvalue weighted by molar-refractivity contribution is 9.10. The molecule has 1 atom stereocenters. The standard InChI is InChI=1S/C13H10BrClN2S/c1-8-2-5-13(18-8)12(7-16)17-9-3-4-11(15)10(14)6-9/h2-6,12,17H,1H3. The van der Waals surface area contributed by atoms with Gasteiger partial charge in [-0.05, 0) is 53.2 Å². The molecule has 0 amide bonds. The first-order chi connectivity index (χ1) is 8.60. The second-order valence-electron chi connectivity index (χ2n) is 3.78. The van der Waals surface area contributed by atoms with E-state index in [4.69, 9.17) is 11.6 Å². The van der Waals surface area contributed by atoms with Crippen LogP contribution in [-0.2, 0) is 0 Å². The molecule has 92 valence electrons. The van der Waals surface area contributed by atoms with Gasteiger partial charge in [0.05, 0.1) is 11.1 Å². The van der Waals surface area contributed by atoms with Crippen molar-refractivity contribution in [3.63, 3.8) is 0 Å². The van der Waals surface area contributed by atoms with Crippen molar-refractivity contribution in [3.05, 3.63) is 49.6 Å². The van der Waals surface area contributed by atoms with Gasteiger partial charge in [-0.15, -0.1) is 11.3 Å². The Balaban J connectivity index is 2.21. The van der Waals surface area contributed by atoms with Crippen molar-refractivity contribution < 1.29 is 0 Å². The number of nitriles is 1. The Kier molecular flexibility index (Phi) is 4.28. The number of benzene rings is 1. The number of nitrogens with zero attached hydrogens (tertiary/aromatic N) is 1. The summed E-state index contributed by atoms with van der Waals surface area (Å²) in [6.45, 7) is 2.03. The average Bonchev–Trinajstić information content (AvgIpc) is 2.77. The minimum absolute atomic E-state index is 0.336. The van der Waals surface area contributed by atoms with E-state index in [9.17, 15) is 5.26 Å². The van der Waals surface area contributed by atoms with E-state index >= 15 is 0 Å². The molecule has 18 heavy (non-hydrogen) atoms. The first-order valence-electron chi connectivity index (χ1n) is 5.27. The Morgan fingerprint density at radius 1 is 1.39 bits per heavy atom. The second-order valence-corrected chi connectivity index (χ2v) is 6.36. The minimum Gasteiger partial charge on any atom is -0.366 e. The molecule has 1 heterocycles. The third kappa shape index (κ3) is 3.05. The minimum atomic E-state index is -0.336. The van der Waals surface area contributed by atoms with Gasteiger partial charge < -0.3 is 5.32 Å². The monoisotopic (exact) mass is 340 g/mol. The number of anilines is 1. The van der Waals surface area contributed by atoms with E-state index in [0.717, 1.165) is 15.0 Å². The van der Waals surface area contributed by atoms with Crippen molar-refractivity contribution in [2.45, 2.75) is 13.0 Å². The second kappa shape index (κ2) is 5.75. The van der Waals surface area contributed by atoms with Crippen molar-refractivity contribution in [3.8, 4) is 6.07 Å². The fourth-order valence-electron chi connectivity index (χ4n) is 1.53. The summed E-state index contributed by atoms with van der Waals surface area (Å²) in [7, 11) is 0. The summed E-state index contributed by atoms with van der Waals surface area (Å²) in [5, 5.41) is 13.1. The maximum absolute atomic E-state index is 9.23. The third-order valence-electron chi connectivity index (χ3n) is 2.41. The van der Waals surface area contributed by atoms with Gasteiger partial charge in [-0.3, -0.25) is 0 Å². The molecule has 0 bridgehead atoms. The Labute approximate surface area is 123 Å². The van der Waals surface area contributed by atoms with Crippen LogP contribution in [0.5, 0.6) is 0 Å². The van der Waals surface area contributed by atoms with Gasteiger partial charge >= 0.3 is 0 Å². The van der Waals surface area contributed by atoms with E-state index in [-0.39, 0.29) is 6.04 Å². The molecular weight excluding hydrogens is 332 g/mol. The molecule has 0 fully saturated rings. The lowest BCUT2D eigenvalue weighted by atomic mass is 10.2. The molecule has 0 saturated heterocycles. The van der Waals surface area contributed by atoms with Crippen LogP contribution in [0, 0.1) is 18.3 Å². The molecule has 1 aromatic heterocycles. The summed E-state index contributed by atoms with van der Waals surface area (Å²) in [5.74, 6) is 0. The zero-order valence-corrected chi connectivity index (χ0v) is 12.7. The van der Waals surface area contributed by atoms with Crippen LogP contribution < -0.4 is 5.32 Å². The van der Waals surface area contributed by atoms with Gasteiger partial charge in [0.2, 0.25) is 0 Å². The van der Waals surface area contributed by atoms with Gasteiger partial charge in [0.15, 0.2) is 0 Å². The van der Waals surface area contributed by atoms with E-state index < -0.39 is 0 Å². The molecule has 1 aromatic carbocycles. The van der Waals surface area contributed by atoms with Crippen LogP contribution in [0.4, 0.5) is 5.69 Å². The van der Waals surface area contributed by atoms with Crippen molar-refractivity contribution >= 4 is 44.6 Å². The molecule has 0 aliphatic rings. The van der Waals surface area contributed by atoms with Gasteiger partial charge in [-0.1, -0.05) is 11.6 Å². The summed E-state index contributed by atoms with van der Waals surface area (Å²) < 4.78 is 0.813. The molecule has 2 rings (SSSR count). The summed E-state index contributed by atoms with van der Waals surface area (Å²) >= 11 is 10.9. The molecule has 0 spiro atoms. The molecule has 0 radical (unpaired) electrons. The van der Waals surface area contributed by atoms with E-state index in [0.29, 0.717) is 5.02 Å². The normalized spacial score (nSPS) is 11.9. The number of aryl methyl sites for hydroxylation is 1. The summed E-state index contributed by atoms with van der Waals surface area (Å²) in [6.07, 6.45) is 0. The van der Waals surface area contributed by atoms with Crippen LogP contribution in [0.2, 0.25) is 5.02 Å². The smallest absolute Gasteiger partial charge is 0.149 e. The molecule has 0 aliphatic carbocycles. The topological polar surface area (TPSA) is 35.8 Å². The van der Waals surface area contributed by atoms with Gasteiger partial charge in [-0.2, -0.15) is 5.26 Å². The fraction of sp³-hybridized carbons (Fsp3) is 0.154. The van der Waals surface area contributed by atoms with E-state index in [1.54, 1.807) is 17.4 Å². The highest BCUT2D eigenvalue weighted by Gasteiger charge is 2.12. The Morgan fingerprint density at radius 2 is 2.17 bits per heavy atom. The third-order valence-corrected chi connectivity index (χ3v) is 4.68. The SMILES string of the molecule is Cc1ccc(C(C#N)Nc2ccc(Cl)c(Br)c2)s1. The number of halogens is 2. The number of thiophene rings is 1. The van der Waals surface area contributed by atoms with Crippen LogP contribution in [0.1, 0.15) is 15.8 Å². The summed E-state index contributed by atoms with van der Waals surface area (Å²) in [6, 6.07) is 11.4. The molecule has 1 unspecified atom stereocenters. The fourth-order valence-corrected chi connectivity index (χ4v) is 2.90. The van der Waals surface area contributed by atoms with Crippen molar-refractivity contribution in [1.29, 1.82) is 5.26 Å². The lowest BCUT2D eigenvalue weighted by Crippen LogP contribution is -2.06. The molecule has 2 nitrogen and oxygen atoms in total. The zero-order chi connectivity index (χ0) is 13.1. The number of hydrogen-bond donors (Lipinski definition) is 1. The van der Waals surface area contributed by atoms with Crippen LogP contribution in [0.15, 0.2) is 34.8 Å². The largest absolute Gasteiger partial charge is 0.366 e. The number of hydrogen-bond acceptors (Lipinski definition) is 3. The maximum atomic E-state index is 9.23. The van der Waals surface area contributed by atoms with Gasteiger partial charge in [-0.25, -0.2) is 0 Å². The molecular formula is C13H10BrClN2S. The van der Waals surface area contributed by atoms with Crippen LogP contribution in [0.3, 0.4) is 0 Å². The maximum Gasteiger partial charge on any atom is 0.149 e. The zero-order valence-electron chi connectivity index (χ0n) is 9.58. The van der Waals surface area contributed by atoms with Crippen molar-refractivity contribution in [2.75, 3.05) is 5.32 Å². The number of rotatable bonds is 3. The predicted octanol–water partition coefficient (Wildman–Crippen LogP) is 5.15. The highest BCUT2D eigenvalue weighted by atomic mass is 79.9. The van der Waals surface area contributed by atoms with Crippen LogP contribution in [-0.4, -0.2) is 0 Å². The first-order valence-corrected chi connectivity index (χ1v) is 7.26. The molecule has 1 N–H and O–H groups in total. The van der Waals surface area contributed by atoms with E-state index in [1.807, 2.05) is 31.2 Å². The van der Waals surface area contributed by atoms with Gasteiger partial charge in [0.25, 0.3) is 0 Å². The lowest BCUT2D eigenvalue weighted by Gasteiger charge is -2.12. The van der Waals surface area contributed by atoms with Crippen molar-refractivity contribution in [1.82, 2.24) is 0 Å². The van der Waals surface area contributed by atoms with Crippen molar-refractivity contribution in [2.24, 2.45) is 0 Å².